The first-order valence-electron chi connectivity index (χ1n) is 3.32. The molecule has 0 unspecified atom stereocenters. The van der Waals surface area contributed by atoms with Gasteiger partial charge in [-0.15, -0.1) is 0 Å². The molecular weight excluding hydrogens is 140 g/mol. The molecular formula is C9H10O2. The van der Waals surface area contributed by atoms with E-state index in [0.29, 0.717) is 0 Å². The van der Waals surface area contributed by atoms with E-state index in [1.807, 2.05) is 12.1 Å². The molecule has 0 bridgehead atoms. The van der Waals surface area contributed by atoms with E-state index in [9.17, 15) is 5.11 Å². The first-order valence-corrected chi connectivity index (χ1v) is 3.32. The van der Waals surface area contributed by atoms with Crippen molar-refractivity contribution in [1.82, 2.24) is 0 Å². The van der Waals surface area contributed by atoms with E-state index < -0.39 is 0 Å². The average molecular weight is 150 g/mol. The van der Waals surface area contributed by atoms with E-state index in [1.165, 1.54) is 6.26 Å². The normalized spacial score (nSPS) is 10.3. The first-order chi connectivity index (χ1) is 5.34. The summed E-state index contributed by atoms with van der Waals surface area (Å²) in [6.45, 7) is 0. The SMILES string of the molecule is CO/C=C/c1ccccc1O. The number of para-hydroxylation sites is 1. The molecule has 0 saturated heterocycles. The molecule has 0 aliphatic heterocycles. The van der Waals surface area contributed by atoms with Crippen LogP contribution >= 0.6 is 0 Å². The second kappa shape index (κ2) is 3.66. The maximum atomic E-state index is 9.23. The van der Waals surface area contributed by atoms with Gasteiger partial charge in [0.15, 0.2) is 0 Å². The van der Waals surface area contributed by atoms with Crippen LogP contribution in [0, 0.1) is 0 Å². The first kappa shape index (κ1) is 7.66. The number of hydrogen-bond acceptors (Lipinski definition) is 2. The molecule has 2 heteroatoms. The molecule has 1 aromatic carbocycles. The van der Waals surface area contributed by atoms with E-state index >= 15 is 0 Å². The van der Waals surface area contributed by atoms with E-state index in [-0.39, 0.29) is 5.75 Å². The second-order valence-corrected chi connectivity index (χ2v) is 2.10. The molecule has 1 aromatic rings. The molecule has 2 nitrogen and oxygen atoms in total. The zero-order valence-corrected chi connectivity index (χ0v) is 6.32. The van der Waals surface area contributed by atoms with Gasteiger partial charge in [0.25, 0.3) is 0 Å². The summed E-state index contributed by atoms with van der Waals surface area (Å²) in [5, 5.41) is 9.23. The zero-order valence-electron chi connectivity index (χ0n) is 6.32. The van der Waals surface area contributed by atoms with Crippen molar-refractivity contribution in [3.63, 3.8) is 0 Å². The van der Waals surface area contributed by atoms with Gasteiger partial charge in [-0.25, -0.2) is 0 Å². The van der Waals surface area contributed by atoms with E-state index in [0.717, 1.165) is 5.56 Å². The van der Waals surface area contributed by atoms with Crippen molar-refractivity contribution in [2.45, 2.75) is 0 Å². The highest BCUT2D eigenvalue weighted by molar-refractivity contribution is 5.55. The molecule has 0 amide bonds. The third-order valence-corrected chi connectivity index (χ3v) is 1.32. The van der Waals surface area contributed by atoms with Crippen molar-refractivity contribution < 1.29 is 9.84 Å². The van der Waals surface area contributed by atoms with Crippen molar-refractivity contribution in [2.75, 3.05) is 7.11 Å². The summed E-state index contributed by atoms with van der Waals surface area (Å²) < 4.78 is 4.71. The molecule has 0 saturated carbocycles. The average Bonchev–Trinajstić information content (AvgIpc) is 2.03. The lowest BCUT2D eigenvalue weighted by molar-refractivity contribution is 0.341. The molecule has 0 heterocycles. The highest BCUT2D eigenvalue weighted by atomic mass is 16.5. The van der Waals surface area contributed by atoms with Crippen LogP contribution < -0.4 is 0 Å². The molecule has 11 heavy (non-hydrogen) atoms. The Morgan fingerprint density at radius 3 is 2.73 bits per heavy atom. The second-order valence-electron chi connectivity index (χ2n) is 2.10. The molecule has 1 rings (SSSR count). The smallest absolute Gasteiger partial charge is 0.122 e. The van der Waals surface area contributed by atoms with E-state index in [4.69, 9.17) is 4.74 Å². The number of ether oxygens (including phenoxy) is 1. The van der Waals surface area contributed by atoms with E-state index in [2.05, 4.69) is 0 Å². The minimum absolute atomic E-state index is 0.265. The standard InChI is InChI=1S/C9H10O2/c1-11-7-6-8-4-2-3-5-9(8)10/h2-7,10H,1H3/b7-6+. The van der Waals surface area contributed by atoms with Gasteiger partial charge in [-0.05, 0) is 12.1 Å². The molecule has 1 N–H and O–H groups in total. The van der Waals surface area contributed by atoms with Crippen LogP contribution in [0.3, 0.4) is 0 Å². The summed E-state index contributed by atoms with van der Waals surface area (Å²) in [5.74, 6) is 0.265. The maximum Gasteiger partial charge on any atom is 0.122 e. The Labute approximate surface area is 65.7 Å². The van der Waals surface area contributed by atoms with Crippen molar-refractivity contribution in [1.29, 1.82) is 0 Å². The van der Waals surface area contributed by atoms with Crippen LogP contribution in [0.15, 0.2) is 30.5 Å². The number of hydrogen-bond donors (Lipinski definition) is 1. The Bertz CT molecular complexity index is 253. The van der Waals surface area contributed by atoms with Gasteiger partial charge < -0.3 is 9.84 Å². The lowest BCUT2D eigenvalue weighted by Crippen LogP contribution is -1.73. The Hall–Kier alpha value is -1.44. The summed E-state index contributed by atoms with van der Waals surface area (Å²) in [5.41, 5.74) is 0.759. The molecule has 58 valence electrons. The monoisotopic (exact) mass is 150 g/mol. The van der Waals surface area contributed by atoms with Crippen LogP contribution in [0.1, 0.15) is 5.56 Å². The number of phenolic OH excluding ortho intramolecular Hbond substituents is 1. The fraction of sp³-hybridized carbons (Fsp3) is 0.111. The van der Waals surface area contributed by atoms with Gasteiger partial charge in [0, 0.05) is 5.56 Å². The summed E-state index contributed by atoms with van der Waals surface area (Å²) in [6, 6.07) is 7.08. The Kier molecular flexibility index (Phi) is 2.55. The van der Waals surface area contributed by atoms with Crippen LogP contribution in [-0.2, 0) is 4.74 Å². The van der Waals surface area contributed by atoms with Crippen molar-refractivity contribution in [2.24, 2.45) is 0 Å². The number of benzene rings is 1. The van der Waals surface area contributed by atoms with E-state index in [1.54, 1.807) is 25.3 Å². The van der Waals surface area contributed by atoms with Crippen molar-refractivity contribution in [3.05, 3.63) is 36.1 Å². The Balaban J connectivity index is 2.86. The molecule has 0 aliphatic carbocycles. The molecule has 0 atom stereocenters. The fourth-order valence-electron chi connectivity index (χ4n) is 0.770. The van der Waals surface area contributed by atoms with Gasteiger partial charge in [-0.3, -0.25) is 0 Å². The Morgan fingerprint density at radius 1 is 1.36 bits per heavy atom. The third kappa shape index (κ3) is 2.00. The number of rotatable bonds is 2. The maximum absolute atomic E-state index is 9.23. The summed E-state index contributed by atoms with van der Waals surface area (Å²) in [6.07, 6.45) is 3.23. The van der Waals surface area contributed by atoms with Crippen LogP contribution in [0.5, 0.6) is 5.75 Å². The lowest BCUT2D eigenvalue weighted by Gasteiger charge is -1.95. The van der Waals surface area contributed by atoms with Gasteiger partial charge in [-0.2, -0.15) is 0 Å². The summed E-state index contributed by atoms with van der Waals surface area (Å²) in [7, 11) is 1.57. The molecule has 0 aliphatic rings. The van der Waals surface area contributed by atoms with Gasteiger partial charge >= 0.3 is 0 Å². The number of phenols is 1. The predicted octanol–water partition coefficient (Wildman–Crippen LogP) is 2.01. The molecule has 0 fully saturated rings. The summed E-state index contributed by atoms with van der Waals surface area (Å²) in [4.78, 5) is 0. The topological polar surface area (TPSA) is 29.5 Å². The van der Waals surface area contributed by atoms with Gasteiger partial charge in [0.1, 0.15) is 5.75 Å². The van der Waals surface area contributed by atoms with Crippen LogP contribution in [0.2, 0.25) is 0 Å². The van der Waals surface area contributed by atoms with Crippen molar-refractivity contribution >= 4 is 6.08 Å². The number of methoxy groups -OCH3 is 1. The molecule has 0 spiro atoms. The largest absolute Gasteiger partial charge is 0.507 e. The van der Waals surface area contributed by atoms with Crippen LogP contribution in [-0.4, -0.2) is 12.2 Å². The van der Waals surface area contributed by atoms with Crippen molar-refractivity contribution in [3.8, 4) is 5.75 Å². The number of aromatic hydroxyl groups is 1. The Morgan fingerprint density at radius 2 is 2.09 bits per heavy atom. The zero-order chi connectivity index (χ0) is 8.10. The summed E-state index contributed by atoms with van der Waals surface area (Å²) >= 11 is 0. The lowest BCUT2D eigenvalue weighted by atomic mass is 10.2. The molecule has 0 radical (unpaired) electrons. The van der Waals surface area contributed by atoms with Crippen LogP contribution in [0.25, 0.3) is 6.08 Å². The minimum Gasteiger partial charge on any atom is -0.507 e. The molecule has 0 aromatic heterocycles. The quantitative estimate of drug-likeness (QED) is 0.653. The van der Waals surface area contributed by atoms with Gasteiger partial charge in [0.05, 0.1) is 13.4 Å². The predicted molar refractivity (Wildman–Crippen MR) is 44.1 cm³/mol. The third-order valence-electron chi connectivity index (χ3n) is 1.32. The fourth-order valence-corrected chi connectivity index (χ4v) is 0.770. The van der Waals surface area contributed by atoms with Crippen LogP contribution in [0.4, 0.5) is 0 Å². The minimum atomic E-state index is 0.265. The van der Waals surface area contributed by atoms with Gasteiger partial charge in [0.2, 0.25) is 0 Å². The highest BCUT2D eigenvalue weighted by Gasteiger charge is 1.91. The van der Waals surface area contributed by atoms with Gasteiger partial charge in [-0.1, -0.05) is 18.2 Å². The highest BCUT2D eigenvalue weighted by Crippen LogP contribution is 2.16.